The van der Waals surface area contributed by atoms with E-state index < -0.39 is 22.9 Å². The molecule has 26 heavy (non-hydrogen) atoms. The number of aliphatic carboxylic acids is 1. The summed E-state index contributed by atoms with van der Waals surface area (Å²) in [5.41, 5.74) is 1.03. The van der Waals surface area contributed by atoms with Crippen LogP contribution in [0.5, 0.6) is 0 Å². The summed E-state index contributed by atoms with van der Waals surface area (Å²) in [5.74, 6) is -1.11. The van der Waals surface area contributed by atoms with Gasteiger partial charge in [-0.25, -0.2) is 4.79 Å². The van der Waals surface area contributed by atoms with Crippen LogP contribution in [0.1, 0.15) is 24.8 Å². The van der Waals surface area contributed by atoms with E-state index in [1.54, 1.807) is 0 Å². The van der Waals surface area contributed by atoms with E-state index in [2.05, 4.69) is 21.2 Å². The second-order valence-electron chi connectivity index (χ2n) is 6.54. The number of carbonyl (C=O) groups is 3. The largest absolute Gasteiger partial charge is 0.480 e. The van der Waals surface area contributed by atoms with Crippen LogP contribution in [0.4, 0.5) is 0 Å². The number of alkyl halides is 1. The van der Waals surface area contributed by atoms with Gasteiger partial charge in [0.1, 0.15) is 12.1 Å². The highest BCUT2D eigenvalue weighted by Crippen LogP contribution is 2.35. The summed E-state index contributed by atoms with van der Waals surface area (Å²) in [6.07, 6.45) is 2.60. The van der Waals surface area contributed by atoms with Crippen LogP contribution in [0.25, 0.3) is 0 Å². The van der Waals surface area contributed by atoms with Gasteiger partial charge in [-0.2, -0.15) is 0 Å². The van der Waals surface area contributed by atoms with E-state index in [4.69, 9.17) is 0 Å². The molecule has 2 aliphatic rings. The lowest BCUT2D eigenvalue weighted by atomic mass is 10.1. The van der Waals surface area contributed by atoms with Crippen molar-refractivity contribution in [3.63, 3.8) is 0 Å². The number of amides is 2. The van der Waals surface area contributed by atoms with Crippen molar-refractivity contribution < 1.29 is 19.5 Å². The Balaban J connectivity index is 1.65. The van der Waals surface area contributed by atoms with Gasteiger partial charge in [0, 0.05) is 5.75 Å². The summed E-state index contributed by atoms with van der Waals surface area (Å²) in [4.78, 5) is 37.9. The number of hydrogen-bond donors (Lipinski definition) is 2. The average Bonchev–Trinajstić information content (AvgIpc) is 2.99. The summed E-state index contributed by atoms with van der Waals surface area (Å²) in [6, 6.07) is 8.17. The first-order valence-electron chi connectivity index (χ1n) is 8.62. The number of halogens is 1. The highest BCUT2D eigenvalue weighted by Gasteiger charge is 2.45. The van der Waals surface area contributed by atoms with Crippen LogP contribution in [0.15, 0.2) is 30.3 Å². The highest BCUT2D eigenvalue weighted by molar-refractivity contribution is 9.10. The fraction of sp³-hybridized carbons (Fsp3) is 0.500. The van der Waals surface area contributed by atoms with Gasteiger partial charge in [-0.3, -0.25) is 9.59 Å². The maximum absolute atomic E-state index is 12.9. The van der Waals surface area contributed by atoms with Gasteiger partial charge in [0.15, 0.2) is 0 Å². The molecule has 4 atom stereocenters. The van der Waals surface area contributed by atoms with Gasteiger partial charge in [0.05, 0.1) is 10.2 Å². The molecule has 0 aliphatic carbocycles. The van der Waals surface area contributed by atoms with Crippen LogP contribution in [0.3, 0.4) is 0 Å². The Labute approximate surface area is 164 Å². The van der Waals surface area contributed by atoms with Crippen molar-refractivity contribution >= 4 is 45.5 Å². The van der Waals surface area contributed by atoms with Crippen molar-refractivity contribution in [2.75, 3.05) is 5.75 Å². The van der Waals surface area contributed by atoms with Gasteiger partial charge < -0.3 is 15.3 Å². The summed E-state index contributed by atoms with van der Waals surface area (Å²) < 4.78 is 0. The number of carboxylic acids is 1. The van der Waals surface area contributed by atoms with E-state index in [0.29, 0.717) is 18.6 Å². The minimum absolute atomic E-state index is 0.102. The predicted molar refractivity (Wildman–Crippen MR) is 103 cm³/mol. The molecule has 0 unspecified atom stereocenters. The molecule has 0 saturated carbocycles. The second-order valence-corrected chi connectivity index (χ2v) is 8.85. The quantitative estimate of drug-likeness (QED) is 0.683. The first-order chi connectivity index (χ1) is 12.5. The number of nitrogens with one attached hydrogen (secondary N) is 1. The van der Waals surface area contributed by atoms with Gasteiger partial charge in [-0.1, -0.05) is 46.3 Å². The molecule has 8 heteroatoms. The summed E-state index contributed by atoms with van der Waals surface area (Å²) >= 11 is 4.91. The second kappa shape index (κ2) is 8.43. The molecule has 2 N–H and O–H groups in total. The van der Waals surface area contributed by atoms with Crippen molar-refractivity contribution in [2.24, 2.45) is 0 Å². The molecule has 140 valence electrons. The topological polar surface area (TPSA) is 86.7 Å². The van der Waals surface area contributed by atoms with Crippen LogP contribution < -0.4 is 5.32 Å². The Hall–Kier alpha value is -1.54. The lowest BCUT2D eigenvalue weighted by molar-refractivity contribution is -0.149. The molecule has 2 aliphatic heterocycles. The van der Waals surface area contributed by atoms with Crippen LogP contribution >= 0.6 is 27.7 Å². The lowest BCUT2D eigenvalue weighted by Crippen LogP contribution is -2.54. The zero-order chi connectivity index (χ0) is 18.7. The van der Waals surface area contributed by atoms with E-state index in [1.807, 2.05) is 30.3 Å². The first kappa shape index (κ1) is 19.2. The van der Waals surface area contributed by atoms with Crippen molar-refractivity contribution in [3.05, 3.63) is 35.9 Å². The maximum Gasteiger partial charge on any atom is 0.327 e. The van der Waals surface area contributed by atoms with Crippen LogP contribution in [0.2, 0.25) is 0 Å². The van der Waals surface area contributed by atoms with Crippen molar-refractivity contribution in [1.29, 1.82) is 0 Å². The summed E-state index contributed by atoms with van der Waals surface area (Å²) in [6.45, 7) is 0. The number of hydrogen-bond acceptors (Lipinski definition) is 4. The Morgan fingerprint density at radius 2 is 2.04 bits per heavy atom. The molecule has 3 rings (SSSR count). The molecule has 0 radical (unpaired) electrons. The molecule has 1 aromatic carbocycles. The molecular weight excluding hydrogens is 420 g/mol. The molecule has 2 amide bonds. The monoisotopic (exact) mass is 440 g/mol. The predicted octanol–water partition coefficient (Wildman–Crippen LogP) is 2.02. The third kappa shape index (κ3) is 4.23. The molecule has 0 aromatic heterocycles. The molecule has 2 saturated heterocycles. The normalized spacial score (nSPS) is 26.7. The fourth-order valence-electron chi connectivity index (χ4n) is 3.38. The zero-order valence-corrected chi connectivity index (χ0v) is 16.5. The molecule has 2 heterocycles. The van der Waals surface area contributed by atoms with Gasteiger partial charge in [-0.05, 0) is 31.2 Å². The smallest absolute Gasteiger partial charge is 0.327 e. The van der Waals surface area contributed by atoms with Crippen molar-refractivity contribution in [1.82, 2.24) is 10.2 Å². The maximum atomic E-state index is 12.9. The van der Waals surface area contributed by atoms with E-state index in [0.717, 1.165) is 18.4 Å². The Bertz CT molecular complexity index is 687. The van der Waals surface area contributed by atoms with Crippen LogP contribution in [-0.2, 0) is 20.8 Å². The first-order valence-corrected chi connectivity index (χ1v) is 10.6. The number of fused-ring (bicyclic) bond motifs is 1. The molecule has 6 nitrogen and oxygen atoms in total. The number of nitrogens with zero attached hydrogens (tertiary/aromatic N) is 1. The molecule has 0 spiro atoms. The lowest BCUT2D eigenvalue weighted by Gasteiger charge is -2.28. The fourth-order valence-corrected chi connectivity index (χ4v) is 5.34. The molecule has 1 aromatic rings. The molecule has 2 fully saturated rings. The van der Waals surface area contributed by atoms with E-state index in [-0.39, 0.29) is 17.2 Å². The minimum atomic E-state index is -0.984. The zero-order valence-electron chi connectivity index (χ0n) is 14.1. The SMILES string of the molecule is O=C(N[C@@H]1CCC[C@H]2SC[C@H](C(=O)O)N2C1=O)[C@H](Br)Cc1ccccc1. The van der Waals surface area contributed by atoms with Gasteiger partial charge in [0.2, 0.25) is 11.8 Å². The average molecular weight is 441 g/mol. The Morgan fingerprint density at radius 1 is 1.31 bits per heavy atom. The third-order valence-electron chi connectivity index (χ3n) is 4.73. The van der Waals surface area contributed by atoms with Gasteiger partial charge in [0.25, 0.3) is 0 Å². The van der Waals surface area contributed by atoms with E-state index in [1.165, 1.54) is 16.7 Å². The van der Waals surface area contributed by atoms with Gasteiger partial charge in [-0.15, -0.1) is 11.8 Å². The van der Waals surface area contributed by atoms with Crippen LogP contribution in [0, 0.1) is 0 Å². The number of rotatable bonds is 5. The Kier molecular flexibility index (Phi) is 6.24. The van der Waals surface area contributed by atoms with Crippen molar-refractivity contribution in [3.8, 4) is 0 Å². The Morgan fingerprint density at radius 3 is 2.73 bits per heavy atom. The standard InChI is InChI=1S/C18H21BrN2O4S/c19-12(9-11-5-2-1-3-6-11)16(22)20-13-7-4-8-15-21(17(13)23)14(10-26-15)18(24)25/h1-3,5-6,12-15H,4,7-10H2,(H,20,22)(H,24,25)/t12-,13-,14-,15-/m1/s1. The molecule has 0 bridgehead atoms. The number of carboxylic acid groups (broad SMARTS) is 1. The van der Waals surface area contributed by atoms with Gasteiger partial charge >= 0.3 is 5.97 Å². The summed E-state index contributed by atoms with van der Waals surface area (Å²) in [7, 11) is 0. The number of thioether (sulfide) groups is 1. The third-order valence-corrected chi connectivity index (χ3v) is 6.83. The van der Waals surface area contributed by atoms with E-state index >= 15 is 0 Å². The van der Waals surface area contributed by atoms with Crippen LogP contribution in [-0.4, -0.2) is 55.8 Å². The minimum Gasteiger partial charge on any atom is -0.480 e. The van der Waals surface area contributed by atoms with E-state index in [9.17, 15) is 19.5 Å². The number of carbonyl (C=O) groups excluding carboxylic acids is 2. The molecular formula is C18H21BrN2O4S. The van der Waals surface area contributed by atoms with Crippen molar-refractivity contribution in [2.45, 2.75) is 48.0 Å². The number of benzene rings is 1. The highest BCUT2D eigenvalue weighted by atomic mass is 79.9. The summed E-state index contributed by atoms with van der Waals surface area (Å²) in [5, 5.41) is 12.1.